The second kappa shape index (κ2) is 7.43. The lowest BCUT2D eigenvalue weighted by atomic mass is 9.83. The fourth-order valence-corrected chi connectivity index (χ4v) is 3.99. The molecule has 0 spiro atoms. The average Bonchev–Trinajstić information content (AvgIpc) is 2.88. The van der Waals surface area contributed by atoms with Crippen molar-refractivity contribution in [2.75, 3.05) is 39.9 Å². The zero-order valence-electron chi connectivity index (χ0n) is 14.7. The fourth-order valence-electron chi connectivity index (χ4n) is 3.99. The molecule has 3 heteroatoms. The standard InChI is InChI=1S/C18H36N2O/c1-17(2,3)19-14-18(9-5-6-10-18)15-20-11-7-16(8-12-20)13-21-4/h16,19H,5-15H2,1-4H3. The molecule has 0 radical (unpaired) electrons. The third-order valence-corrected chi connectivity index (χ3v) is 5.33. The van der Waals surface area contributed by atoms with Crippen molar-refractivity contribution in [3.63, 3.8) is 0 Å². The van der Waals surface area contributed by atoms with Gasteiger partial charge in [-0.25, -0.2) is 0 Å². The Labute approximate surface area is 131 Å². The number of rotatable bonds is 6. The quantitative estimate of drug-likeness (QED) is 0.814. The van der Waals surface area contributed by atoms with Gasteiger partial charge in [-0.15, -0.1) is 0 Å². The molecule has 1 N–H and O–H groups in total. The Morgan fingerprint density at radius 2 is 1.76 bits per heavy atom. The van der Waals surface area contributed by atoms with E-state index in [1.165, 1.54) is 64.7 Å². The van der Waals surface area contributed by atoms with Gasteiger partial charge in [0, 0.05) is 32.3 Å². The molecule has 0 amide bonds. The Kier molecular flexibility index (Phi) is 6.10. The van der Waals surface area contributed by atoms with Crippen LogP contribution in [0.3, 0.4) is 0 Å². The average molecular weight is 296 g/mol. The second-order valence-electron chi connectivity index (χ2n) is 8.49. The largest absolute Gasteiger partial charge is 0.384 e. The van der Waals surface area contributed by atoms with Gasteiger partial charge >= 0.3 is 0 Å². The van der Waals surface area contributed by atoms with Crippen LogP contribution < -0.4 is 5.32 Å². The van der Waals surface area contributed by atoms with Crippen molar-refractivity contribution in [1.29, 1.82) is 0 Å². The predicted molar refractivity (Wildman–Crippen MR) is 89.7 cm³/mol. The molecule has 21 heavy (non-hydrogen) atoms. The lowest BCUT2D eigenvalue weighted by Crippen LogP contribution is -2.49. The van der Waals surface area contributed by atoms with Gasteiger partial charge in [0.15, 0.2) is 0 Å². The summed E-state index contributed by atoms with van der Waals surface area (Å²) in [7, 11) is 1.83. The fraction of sp³-hybridized carbons (Fsp3) is 1.00. The number of hydrogen-bond donors (Lipinski definition) is 1. The number of likely N-dealkylation sites (tertiary alicyclic amines) is 1. The van der Waals surface area contributed by atoms with Crippen molar-refractivity contribution in [1.82, 2.24) is 10.2 Å². The molecule has 0 aromatic rings. The highest BCUT2D eigenvalue weighted by Gasteiger charge is 2.37. The molecular weight excluding hydrogens is 260 g/mol. The molecule has 0 aromatic heterocycles. The van der Waals surface area contributed by atoms with Crippen LogP contribution in [0.15, 0.2) is 0 Å². The Hall–Kier alpha value is -0.120. The topological polar surface area (TPSA) is 24.5 Å². The van der Waals surface area contributed by atoms with Crippen LogP contribution >= 0.6 is 0 Å². The van der Waals surface area contributed by atoms with Crippen molar-refractivity contribution < 1.29 is 4.74 Å². The van der Waals surface area contributed by atoms with Crippen molar-refractivity contribution >= 4 is 0 Å². The van der Waals surface area contributed by atoms with Crippen LogP contribution in [0.25, 0.3) is 0 Å². The molecule has 0 unspecified atom stereocenters. The van der Waals surface area contributed by atoms with Crippen molar-refractivity contribution in [2.24, 2.45) is 11.3 Å². The molecule has 1 aliphatic heterocycles. The molecule has 3 nitrogen and oxygen atoms in total. The third-order valence-electron chi connectivity index (χ3n) is 5.33. The number of methoxy groups -OCH3 is 1. The summed E-state index contributed by atoms with van der Waals surface area (Å²) < 4.78 is 5.32. The van der Waals surface area contributed by atoms with Crippen molar-refractivity contribution in [3.05, 3.63) is 0 Å². The number of piperidine rings is 1. The smallest absolute Gasteiger partial charge is 0.0491 e. The zero-order chi connectivity index (χ0) is 15.3. The molecule has 124 valence electrons. The first kappa shape index (κ1) is 17.2. The van der Waals surface area contributed by atoms with E-state index >= 15 is 0 Å². The van der Waals surface area contributed by atoms with Gasteiger partial charge in [0.05, 0.1) is 0 Å². The second-order valence-corrected chi connectivity index (χ2v) is 8.49. The van der Waals surface area contributed by atoms with E-state index in [2.05, 4.69) is 31.0 Å². The van der Waals surface area contributed by atoms with Gasteiger partial charge in [0.25, 0.3) is 0 Å². The SMILES string of the molecule is COCC1CCN(CC2(CNC(C)(C)C)CCCC2)CC1. The minimum absolute atomic E-state index is 0.237. The molecule has 2 aliphatic rings. The summed E-state index contributed by atoms with van der Waals surface area (Å²) in [6, 6.07) is 0. The van der Waals surface area contributed by atoms with Crippen LogP contribution in [-0.2, 0) is 4.74 Å². The van der Waals surface area contributed by atoms with Crippen LogP contribution in [0.1, 0.15) is 59.3 Å². The summed E-state index contributed by atoms with van der Waals surface area (Å²) in [4.78, 5) is 2.72. The summed E-state index contributed by atoms with van der Waals surface area (Å²) in [5.74, 6) is 0.790. The molecule has 0 aromatic carbocycles. The van der Waals surface area contributed by atoms with E-state index in [-0.39, 0.29) is 5.54 Å². The molecule has 0 atom stereocenters. The molecule has 1 saturated heterocycles. The minimum atomic E-state index is 0.237. The van der Waals surface area contributed by atoms with Crippen molar-refractivity contribution in [3.8, 4) is 0 Å². The van der Waals surface area contributed by atoms with E-state index < -0.39 is 0 Å². The lowest BCUT2D eigenvalue weighted by Gasteiger charge is -2.40. The maximum atomic E-state index is 5.32. The van der Waals surface area contributed by atoms with Gasteiger partial charge in [-0.3, -0.25) is 0 Å². The zero-order valence-corrected chi connectivity index (χ0v) is 14.7. The summed E-state index contributed by atoms with van der Waals surface area (Å²) in [6.45, 7) is 12.8. The minimum Gasteiger partial charge on any atom is -0.384 e. The lowest BCUT2D eigenvalue weighted by molar-refractivity contribution is 0.0717. The van der Waals surface area contributed by atoms with E-state index in [9.17, 15) is 0 Å². The Morgan fingerprint density at radius 3 is 2.29 bits per heavy atom. The normalized spacial score (nSPS) is 24.6. The highest BCUT2D eigenvalue weighted by Crippen LogP contribution is 2.39. The molecule has 1 aliphatic carbocycles. The Balaban J connectivity index is 1.83. The first-order valence-electron chi connectivity index (χ1n) is 8.89. The Bertz CT molecular complexity index is 297. The van der Waals surface area contributed by atoms with Gasteiger partial charge in [0.1, 0.15) is 0 Å². The maximum Gasteiger partial charge on any atom is 0.0491 e. The number of nitrogens with one attached hydrogen (secondary N) is 1. The highest BCUT2D eigenvalue weighted by atomic mass is 16.5. The predicted octanol–water partition coefficient (Wildman–Crippen LogP) is 3.29. The first-order chi connectivity index (χ1) is 9.92. The molecule has 0 bridgehead atoms. The van der Waals surface area contributed by atoms with Crippen LogP contribution in [0.5, 0.6) is 0 Å². The van der Waals surface area contributed by atoms with Gasteiger partial charge in [-0.05, 0) is 70.9 Å². The van der Waals surface area contributed by atoms with Crippen molar-refractivity contribution in [2.45, 2.75) is 64.8 Å². The monoisotopic (exact) mass is 296 g/mol. The van der Waals surface area contributed by atoms with Crippen LogP contribution in [0.4, 0.5) is 0 Å². The highest BCUT2D eigenvalue weighted by molar-refractivity contribution is 4.92. The van der Waals surface area contributed by atoms with E-state index in [1.807, 2.05) is 7.11 Å². The molecule has 2 rings (SSSR count). The number of hydrogen-bond acceptors (Lipinski definition) is 3. The van der Waals surface area contributed by atoms with Gasteiger partial charge < -0.3 is 15.0 Å². The van der Waals surface area contributed by atoms with E-state index in [0.29, 0.717) is 5.41 Å². The molecule has 1 heterocycles. The molecule has 1 saturated carbocycles. The summed E-state index contributed by atoms with van der Waals surface area (Å²) >= 11 is 0. The summed E-state index contributed by atoms with van der Waals surface area (Å²) in [6.07, 6.45) is 8.30. The first-order valence-corrected chi connectivity index (χ1v) is 8.89. The van der Waals surface area contributed by atoms with Gasteiger partial charge in [-0.2, -0.15) is 0 Å². The van der Waals surface area contributed by atoms with E-state index in [0.717, 1.165) is 12.5 Å². The van der Waals surface area contributed by atoms with Gasteiger partial charge in [-0.1, -0.05) is 12.8 Å². The molecule has 2 fully saturated rings. The van der Waals surface area contributed by atoms with E-state index in [4.69, 9.17) is 4.74 Å². The third kappa shape index (κ3) is 5.54. The van der Waals surface area contributed by atoms with Crippen LogP contribution in [0.2, 0.25) is 0 Å². The van der Waals surface area contributed by atoms with E-state index in [1.54, 1.807) is 0 Å². The van der Waals surface area contributed by atoms with Crippen LogP contribution in [0, 0.1) is 11.3 Å². The summed E-state index contributed by atoms with van der Waals surface area (Å²) in [5.41, 5.74) is 0.766. The maximum absolute atomic E-state index is 5.32. The number of nitrogens with zero attached hydrogens (tertiary/aromatic N) is 1. The summed E-state index contributed by atoms with van der Waals surface area (Å²) in [5, 5.41) is 3.78. The van der Waals surface area contributed by atoms with Gasteiger partial charge in [0.2, 0.25) is 0 Å². The Morgan fingerprint density at radius 1 is 1.14 bits per heavy atom. The molecular formula is C18H36N2O. The van der Waals surface area contributed by atoms with Crippen LogP contribution in [-0.4, -0.2) is 50.3 Å². The number of ether oxygens (including phenoxy) is 1.